The summed E-state index contributed by atoms with van der Waals surface area (Å²) in [5, 5.41) is 7.54. The Hall–Kier alpha value is -2.03. The molecule has 1 aromatic carbocycles. The number of hydrogen-bond acceptors (Lipinski definition) is 3. The lowest BCUT2D eigenvalue weighted by Crippen LogP contribution is -2.33. The van der Waals surface area contributed by atoms with E-state index >= 15 is 0 Å². The topological polar surface area (TPSA) is 70.0 Å². The van der Waals surface area contributed by atoms with Crippen LogP contribution in [0.1, 0.15) is 24.5 Å². The van der Waals surface area contributed by atoms with Crippen LogP contribution < -0.4 is 4.72 Å². The Morgan fingerprint density at radius 3 is 2.32 bits per heavy atom. The smallest absolute Gasteiger partial charge is 0.211 e. The highest BCUT2D eigenvalue weighted by Gasteiger charge is 2.29. The maximum absolute atomic E-state index is 12.4. The van der Waals surface area contributed by atoms with Crippen molar-refractivity contribution in [3.05, 3.63) is 35.4 Å². The summed E-state index contributed by atoms with van der Waals surface area (Å²) in [5.41, 5.74) is -0.446. The maximum Gasteiger partial charge on any atom is 0.416 e. The number of rotatable bonds is 4. The molecule has 1 N–H and O–H groups in total. The van der Waals surface area contributed by atoms with E-state index in [4.69, 9.17) is 5.26 Å². The Morgan fingerprint density at radius 1 is 1.27 bits per heavy atom. The first-order valence-corrected chi connectivity index (χ1v) is 7.79. The Balaban J connectivity index is 2.68. The SMILES string of the molecule is CC[C@H](C#N)S(=O)(=O)NCC#Cc1ccc(C(F)(F)F)cc1. The normalized spacial score (nSPS) is 12.9. The first kappa shape index (κ1) is 18.0. The maximum atomic E-state index is 12.4. The quantitative estimate of drug-likeness (QED) is 0.861. The Bertz CT molecular complexity index is 708. The molecule has 118 valence electrons. The molecule has 0 amide bonds. The van der Waals surface area contributed by atoms with E-state index in [1.165, 1.54) is 12.1 Å². The molecule has 0 aliphatic carbocycles. The number of sulfonamides is 1. The number of alkyl halides is 3. The molecule has 0 aliphatic rings. The summed E-state index contributed by atoms with van der Waals surface area (Å²) in [6.45, 7) is 1.35. The van der Waals surface area contributed by atoms with Crippen LogP contribution in [0.4, 0.5) is 13.2 Å². The first-order valence-electron chi connectivity index (χ1n) is 6.25. The van der Waals surface area contributed by atoms with E-state index in [9.17, 15) is 21.6 Å². The lowest BCUT2D eigenvalue weighted by molar-refractivity contribution is -0.137. The van der Waals surface area contributed by atoms with Gasteiger partial charge in [-0.1, -0.05) is 18.8 Å². The first-order chi connectivity index (χ1) is 10.2. The van der Waals surface area contributed by atoms with Gasteiger partial charge >= 0.3 is 6.18 Å². The Morgan fingerprint density at radius 2 is 1.86 bits per heavy atom. The molecule has 4 nitrogen and oxygen atoms in total. The van der Waals surface area contributed by atoms with Gasteiger partial charge in [-0.2, -0.15) is 18.4 Å². The molecule has 1 atom stereocenters. The fourth-order valence-corrected chi connectivity index (χ4v) is 2.56. The van der Waals surface area contributed by atoms with Crippen molar-refractivity contribution in [2.45, 2.75) is 24.8 Å². The summed E-state index contributed by atoms with van der Waals surface area (Å²) in [7, 11) is -3.77. The van der Waals surface area contributed by atoms with Gasteiger partial charge < -0.3 is 0 Å². The van der Waals surface area contributed by atoms with E-state index in [-0.39, 0.29) is 13.0 Å². The number of nitriles is 1. The molecule has 0 unspecified atom stereocenters. The molecule has 0 spiro atoms. The van der Waals surface area contributed by atoms with Crippen LogP contribution >= 0.6 is 0 Å². The van der Waals surface area contributed by atoms with Crippen molar-refractivity contribution in [1.82, 2.24) is 4.72 Å². The molecule has 0 heterocycles. The Labute approximate surface area is 127 Å². The summed E-state index contributed by atoms with van der Waals surface area (Å²) in [6, 6.07) is 5.87. The summed E-state index contributed by atoms with van der Waals surface area (Å²) in [5.74, 6) is 5.03. The van der Waals surface area contributed by atoms with Gasteiger partial charge in [0.15, 0.2) is 5.25 Å². The van der Waals surface area contributed by atoms with E-state index in [1.807, 2.05) is 0 Å². The molecule has 0 aromatic heterocycles. The van der Waals surface area contributed by atoms with Crippen LogP contribution in [0.3, 0.4) is 0 Å². The molecular weight excluding hydrogens is 317 g/mol. The van der Waals surface area contributed by atoms with Crippen molar-refractivity contribution in [3.8, 4) is 17.9 Å². The monoisotopic (exact) mass is 330 g/mol. The van der Waals surface area contributed by atoms with Gasteiger partial charge in [0.25, 0.3) is 0 Å². The second-order valence-electron chi connectivity index (χ2n) is 4.27. The number of nitrogens with one attached hydrogen (secondary N) is 1. The van der Waals surface area contributed by atoms with Crippen LogP contribution in [-0.4, -0.2) is 20.2 Å². The van der Waals surface area contributed by atoms with Gasteiger partial charge in [0.1, 0.15) is 0 Å². The van der Waals surface area contributed by atoms with Crippen LogP contribution in [-0.2, 0) is 16.2 Å². The van der Waals surface area contributed by atoms with Gasteiger partial charge in [-0.05, 0) is 30.7 Å². The molecule has 8 heteroatoms. The fourth-order valence-electron chi connectivity index (χ4n) is 1.51. The van der Waals surface area contributed by atoms with E-state index in [0.29, 0.717) is 5.56 Å². The highest BCUT2D eigenvalue weighted by atomic mass is 32.2. The van der Waals surface area contributed by atoms with Crippen LogP contribution in [0, 0.1) is 23.2 Å². The zero-order valence-corrected chi connectivity index (χ0v) is 12.4. The summed E-state index contributed by atoms with van der Waals surface area (Å²) >= 11 is 0. The molecule has 1 rings (SSSR count). The average Bonchev–Trinajstić information content (AvgIpc) is 2.44. The second kappa shape index (κ2) is 7.30. The van der Waals surface area contributed by atoms with Crippen molar-refractivity contribution in [1.29, 1.82) is 5.26 Å². The third-order valence-electron chi connectivity index (χ3n) is 2.70. The molecule has 0 bridgehead atoms. The minimum atomic E-state index is -4.41. The van der Waals surface area contributed by atoms with E-state index in [2.05, 4.69) is 16.6 Å². The Kier molecular flexibility index (Phi) is 5.98. The zero-order valence-electron chi connectivity index (χ0n) is 11.6. The average molecular weight is 330 g/mol. The van der Waals surface area contributed by atoms with Crippen LogP contribution in [0.25, 0.3) is 0 Å². The van der Waals surface area contributed by atoms with Crippen LogP contribution in [0.15, 0.2) is 24.3 Å². The summed E-state index contributed by atoms with van der Waals surface area (Å²) in [6.07, 6.45) is -4.26. The molecular formula is C14H13F3N2O2S. The lowest BCUT2D eigenvalue weighted by Gasteiger charge is -2.07. The predicted octanol–water partition coefficient (Wildman–Crippen LogP) is 2.28. The van der Waals surface area contributed by atoms with Gasteiger partial charge in [0.2, 0.25) is 10.0 Å². The van der Waals surface area contributed by atoms with E-state index in [1.54, 1.807) is 13.0 Å². The predicted molar refractivity (Wildman–Crippen MR) is 74.9 cm³/mol. The second-order valence-corrected chi connectivity index (χ2v) is 6.22. The largest absolute Gasteiger partial charge is 0.416 e. The fraction of sp³-hybridized carbons (Fsp3) is 0.357. The van der Waals surface area contributed by atoms with Crippen molar-refractivity contribution < 1.29 is 21.6 Å². The number of nitrogens with zero attached hydrogens (tertiary/aromatic N) is 1. The molecule has 22 heavy (non-hydrogen) atoms. The number of halogens is 3. The van der Waals surface area contributed by atoms with Crippen LogP contribution in [0.5, 0.6) is 0 Å². The number of hydrogen-bond donors (Lipinski definition) is 1. The third kappa shape index (κ3) is 5.06. The standard InChI is InChI=1S/C14H13F3N2O2S/c1-2-13(10-18)22(20,21)19-9-3-4-11-5-7-12(8-6-11)14(15,16)17/h5-8,13,19H,2,9H2,1H3/t13-/m1/s1. The highest BCUT2D eigenvalue weighted by molar-refractivity contribution is 7.90. The van der Waals surface area contributed by atoms with Crippen LogP contribution in [0.2, 0.25) is 0 Å². The minimum absolute atomic E-state index is 0.151. The highest BCUT2D eigenvalue weighted by Crippen LogP contribution is 2.28. The van der Waals surface area contributed by atoms with E-state index in [0.717, 1.165) is 12.1 Å². The summed E-state index contributed by atoms with van der Waals surface area (Å²) < 4.78 is 62.5. The van der Waals surface area contributed by atoms with Gasteiger partial charge in [-0.3, -0.25) is 0 Å². The van der Waals surface area contributed by atoms with Gasteiger partial charge in [-0.25, -0.2) is 13.1 Å². The van der Waals surface area contributed by atoms with Crippen molar-refractivity contribution in [3.63, 3.8) is 0 Å². The molecule has 1 aromatic rings. The van der Waals surface area contributed by atoms with Gasteiger partial charge in [-0.15, -0.1) is 0 Å². The van der Waals surface area contributed by atoms with E-state index < -0.39 is 27.0 Å². The van der Waals surface area contributed by atoms with Crippen molar-refractivity contribution in [2.75, 3.05) is 6.54 Å². The van der Waals surface area contributed by atoms with Gasteiger partial charge in [0.05, 0.1) is 18.2 Å². The molecule has 0 aliphatic heterocycles. The van der Waals surface area contributed by atoms with Crippen molar-refractivity contribution in [2.24, 2.45) is 0 Å². The van der Waals surface area contributed by atoms with Gasteiger partial charge in [0, 0.05) is 5.56 Å². The summed E-state index contributed by atoms with van der Waals surface area (Å²) in [4.78, 5) is 0. The molecule has 0 fully saturated rings. The molecule has 0 radical (unpaired) electrons. The zero-order chi connectivity index (χ0) is 16.8. The minimum Gasteiger partial charge on any atom is -0.211 e. The number of benzene rings is 1. The lowest BCUT2D eigenvalue weighted by atomic mass is 10.1. The molecule has 0 saturated heterocycles. The third-order valence-corrected chi connectivity index (χ3v) is 4.43. The molecule has 0 saturated carbocycles. The van der Waals surface area contributed by atoms with Crippen molar-refractivity contribution >= 4 is 10.0 Å².